The standard InChI is InChI=1S/C16H19NO2S/c1-13-9-10-16(14(2)11-13)20(18,19)17(3)12-15-7-5-4-6-8-15/h4-11H,12H2,1-3H3. The van der Waals surface area contributed by atoms with E-state index in [2.05, 4.69) is 0 Å². The van der Waals surface area contributed by atoms with Crippen molar-refractivity contribution in [2.75, 3.05) is 7.05 Å². The van der Waals surface area contributed by atoms with E-state index in [0.717, 1.165) is 16.7 Å². The summed E-state index contributed by atoms with van der Waals surface area (Å²) in [5.41, 5.74) is 2.82. The molecule has 4 heteroatoms. The molecule has 0 aliphatic heterocycles. The molecule has 0 spiro atoms. The number of hydrogen-bond donors (Lipinski definition) is 0. The Morgan fingerprint density at radius 3 is 2.25 bits per heavy atom. The molecule has 20 heavy (non-hydrogen) atoms. The van der Waals surface area contributed by atoms with E-state index < -0.39 is 10.0 Å². The van der Waals surface area contributed by atoms with E-state index in [9.17, 15) is 8.42 Å². The second-order valence-corrected chi connectivity index (χ2v) is 7.03. The highest BCUT2D eigenvalue weighted by molar-refractivity contribution is 7.89. The van der Waals surface area contributed by atoms with Gasteiger partial charge in [-0.2, -0.15) is 4.31 Å². The molecule has 0 unspecified atom stereocenters. The fourth-order valence-electron chi connectivity index (χ4n) is 2.18. The normalized spacial score (nSPS) is 11.8. The minimum atomic E-state index is -3.45. The van der Waals surface area contributed by atoms with Crippen molar-refractivity contribution < 1.29 is 8.42 Å². The fourth-order valence-corrected chi connectivity index (χ4v) is 3.54. The Bertz CT molecular complexity index is 694. The topological polar surface area (TPSA) is 37.4 Å². The predicted molar refractivity (Wildman–Crippen MR) is 81.0 cm³/mol. The van der Waals surface area contributed by atoms with Gasteiger partial charge in [-0.05, 0) is 31.0 Å². The van der Waals surface area contributed by atoms with Gasteiger partial charge in [0.15, 0.2) is 0 Å². The zero-order chi connectivity index (χ0) is 14.8. The lowest BCUT2D eigenvalue weighted by Crippen LogP contribution is -2.27. The average molecular weight is 289 g/mol. The van der Waals surface area contributed by atoms with Crippen LogP contribution in [0.4, 0.5) is 0 Å². The first-order valence-electron chi connectivity index (χ1n) is 6.49. The van der Waals surface area contributed by atoms with Crippen LogP contribution in [0.3, 0.4) is 0 Å². The third-order valence-electron chi connectivity index (χ3n) is 3.27. The largest absolute Gasteiger partial charge is 0.243 e. The van der Waals surface area contributed by atoms with E-state index in [1.54, 1.807) is 13.1 Å². The monoisotopic (exact) mass is 289 g/mol. The maximum absolute atomic E-state index is 12.6. The smallest absolute Gasteiger partial charge is 0.207 e. The Morgan fingerprint density at radius 1 is 1.00 bits per heavy atom. The summed E-state index contributed by atoms with van der Waals surface area (Å²) in [5.74, 6) is 0. The summed E-state index contributed by atoms with van der Waals surface area (Å²) in [7, 11) is -1.84. The Hall–Kier alpha value is -1.65. The second-order valence-electron chi connectivity index (χ2n) is 5.02. The van der Waals surface area contributed by atoms with Gasteiger partial charge in [-0.15, -0.1) is 0 Å². The molecule has 0 fully saturated rings. The van der Waals surface area contributed by atoms with Crippen molar-refractivity contribution in [3.63, 3.8) is 0 Å². The minimum absolute atomic E-state index is 0.372. The van der Waals surface area contributed by atoms with E-state index in [1.807, 2.05) is 56.3 Å². The lowest BCUT2D eigenvalue weighted by Gasteiger charge is -2.19. The Kier molecular flexibility index (Phi) is 4.26. The van der Waals surface area contributed by atoms with Crippen LogP contribution in [0, 0.1) is 13.8 Å². The quantitative estimate of drug-likeness (QED) is 0.867. The van der Waals surface area contributed by atoms with Crippen LogP contribution in [0.1, 0.15) is 16.7 Å². The number of nitrogens with zero attached hydrogens (tertiary/aromatic N) is 1. The SMILES string of the molecule is Cc1ccc(S(=O)(=O)N(C)Cc2ccccc2)c(C)c1. The van der Waals surface area contributed by atoms with Crippen molar-refractivity contribution in [1.29, 1.82) is 0 Å². The third kappa shape index (κ3) is 3.08. The van der Waals surface area contributed by atoms with Gasteiger partial charge in [0.25, 0.3) is 0 Å². The number of benzene rings is 2. The van der Waals surface area contributed by atoms with Crippen molar-refractivity contribution in [3.8, 4) is 0 Å². The highest BCUT2D eigenvalue weighted by atomic mass is 32.2. The van der Waals surface area contributed by atoms with Gasteiger partial charge < -0.3 is 0 Å². The molecule has 0 aliphatic carbocycles. The minimum Gasteiger partial charge on any atom is -0.207 e. The molecule has 0 N–H and O–H groups in total. The van der Waals surface area contributed by atoms with Crippen LogP contribution in [-0.2, 0) is 16.6 Å². The van der Waals surface area contributed by atoms with E-state index in [0.29, 0.717) is 11.4 Å². The van der Waals surface area contributed by atoms with Crippen LogP contribution in [0.25, 0.3) is 0 Å². The van der Waals surface area contributed by atoms with Crippen LogP contribution in [-0.4, -0.2) is 19.8 Å². The molecule has 2 aromatic carbocycles. The summed E-state index contributed by atoms with van der Waals surface area (Å²) < 4.78 is 26.6. The number of aryl methyl sites for hydroxylation is 2. The van der Waals surface area contributed by atoms with Crippen LogP contribution in [0.5, 0.6) is 0 Å². The van der Waals surface area contributed by atoms with Crippen molar-refractivity contribution in [1.82, 2.24) is 4.31 Å². The van der Waals surface area contributed by atoms with Gasteiger partial charge in [-0.3, -0.25) is 0 Å². The highest BCUT2D eigenvalue weighted by Crippen LogP contribution is 2.21. The molecule has 0 aliphatic rings. The lowest BCUT2D eigenvalue weighted by atomic mass is 10.2. The van der Waals surface area contributed by atoms with Crippen LogP contribution in [0.15, 0.2) is 53.4 Å². The van der Waals surface area contributed by atoms with Gasteiger partial charge in [0.05, 0.1) is 4.90 Å². The first-order valence-corrected chi connectivity index (χ1v) is 7.93. The third-order valence-corrected chi connectivity index (χ3v) is 5.23. The molecule has 0 heterocycles. The molecule has 3 nitrogen and oxygen atoms in total. The van der Waals surface area contributed by atoms with Gasteiger partial charge in [0.2, 0.25) is 10.0 Å². The number of sulfonamides is 1. The zero-order valence-corrected chi connectivity index (χ0v) is 12.8. The summed E-state index contributed by atoms with van der Waals surface area (Å²) in [4.78, 5) is 0.376. The summed E-state index contributed by atoms with van der Waals surface area (Å²) in [6.07, 6.45) is 0. The fraction of sp³-hybridized carbons (Fsp3) is 0.250. The maximum Gasteiger partial charge on any atom is 0.243 e. The maximum atomic E-state index is 12.6. The molecular weight excluding hydrogens is 270 g/mol. The van der Waals surface area contributed by atoms with Gasteiger partial charge in [-0.25, -0.2) is 8.42 Å². The van der Waals surface area contributed by atoms with Crippen LogP contribution >= 0.6 is 0 Å². The Labute approximate surface area is 120 Å². The summed E-state index contributed by atoms with van der Waals surface area (Å²) in [6.45, 7) is 4.16. The molecule has 0 radical (unpaired) electrons. The molecular formula is C16H19NO2S. The van der Waals surface area contributed by atoms with Gasteiger partial charge in [0.1, 0.15) is 0 Å². The molecule has 0 atom stereocenters. The summed E-state index contributed by atoms with van der Waals surface area (Å²) in [6, 6.07) is 15.0. The van der Waals surface area contributed by atoms with Crippen molar-refractivity contribution >= 4 is 10.0 Å². The molecule has 106 valence electrons. The predicted octanol–water partition coefficient (Wildman–Crippen LogP) is 3.12. The average Bonchev–Trinajstić information content (AvgIpc) is 2.39. The summed E-state index contributed by atoms with van der Waals surface area (Å²) >= 11 is 0. The van der Waals surface area contributed by atoms with Gasteiger partial charge in [-0.1, -0.05) is 48.0 Å². The van der Waals surface area contributed by atoms with Crippen LogP contribution < -0.4 is 0 Å². The lowest BCUT2D eigenvalue weighted by molar-refractivity contribution is 0.466. The second kappa shape index (κ2) is 5.77. The molecule has 2 rings (SSSR count). The molecule has 0 saturated heterocycles. The van der Waals surface area contributed by atoms with Gasteiger partial charge >= 0.3 is 0 Å². The van der Waals surface area contributed by atoms with Crippen molar-refractivity contribution in [2.24, 2.45) is 0 Å². The molecule has 0 aromatic heterocycles. The zero-order valence-electron chi connectivity index (χ0n) is 12.0. The Balaban J connectivity index is 2.30. The first-order chi connectivity index (χ1) is 9.41. The number of hydrogen-bond acceptors (Lipinski definition) is 2. The van der Waals surface area contributed by atoms with E-state index in [-0.39, 0.29) is 0 Å². The molecule has 0 bridgehead atoms. The molecule has 2 aromatic rings. The van der Waals surface area contributed by atoms with Gasteiger partial charge in [0, 0.05) is 13.6 Å². The van der Waals surface area contributed by atoms with Crippen molar-refractivity contribution in [2.45, 2.75) is 25.3 Å². The molecule has 0 saturated carbocycles. The summed E-state index contributed by atoms with van der Waals surface area (Å²) in [5, 5.41) is 0. The Morgan fingerprint density at radius 2 is 1.65 bits per heavy atom. The number of rotatable bonds is 4. The van der Waals surface area contributed by atoms with E-state index >= 15 is 0 Å². The van der Waals surface area contributed by atoms with E-state index in [1.165, 1.54) is 4.31 Å². The highest BCUT2D eigenvalue weighted by Gasteiger charge is 2.22. The van der Waals surface area contributed by atoms with Crippen LogP contribution in [0.2, 0.25) is 0 Å². The molecule has 0 amide bonds. The first kappa shape index (κ1) is 14.8. The van der Waals surface area contributed by atoms with E-state index in [4.69, 9.17) is 0 Å². The van der Waals surface area contributed by atoms with Crippen molar-refractivity contribution in [3.05, 3.63) is 65.2 Å².